The molecule has 0 aromatic carbocycles. The van der Waals surface area contributed by atoms with Gasteiger partial charge in [-0.2, -0.15) is 0 Å². The number of ether oxygens (including phenoxy) is 1. The molecule has 1 heterocycles. The van der Waals surface area contributed by atoms with Crippen LogP contribution < -0.4 is 0 Å². The summed E-state index contributed by atoms with van der Waals surface area (Å²) in [6.45, 7) is 1.75. The summed E-state index contributed by atoms with van der Waals surface area (Å²) in [5.74, 6) is -1.92. The van der Waals surface area contributed by atoms with Crippen molar-refractivity contribution in [3.05, 3.63) is 0 Å². The smallest absolute Gasteiger partial charge is 0.409 e. The zero-order chi connectivity index (χ0) is 14.7. The number of carbonyl (C=O) groups excluding carboxylic acids is 2. The van der Waals surface area contributed by atoms with Crippen molar-refractivity contribution in [1.82, 2.24) is 9.80 Å². The van der Waals surface area contributed by atoms with E-state index < -0.39 is 17.8 Å². The summed E-state index contributed by atoms with van der Waals surface area (Å²) < 4.78 is 4.64. The van der Waals surface area contributed by atoms with Crippen LogP contribution in [0.25, 0.3) is 0 Å². The SMILES string of the molecule is COC(=O)N1CCN(C(=O)[C@@H]2CCC[C@@H]2C(=O)O)CC1. The number of nitrogens with zero attached hydrogens (tertiary/aromatic N) is 2. The van der Waals surface area contributed by atoms with Gasteiger partial charge in [-0.15, -0.1) is 0 Å². The van der Waals surface area contributed by atoms with Gasteiger partial charge in [0.2, 0.25) is 5.91 Å². The summed E-state index contributed by atoms with van der Waals surface area (Å²) in [6, 6.07) is 0. The Morgan fingerprint density at radius 2 is 1.55 bits per heavy atom. The van der Waals surface area contributed by atoms with Crippen LogP contribution in [-0.2, 0) is 14.3 Å². The minimum atomic E-state index is -0.881. The normalized spacial score (nSPS) is 26.4. The quantitative estimate of drug-likeness (QED) is 0.793. The molecule has 0 aromatic rings. The van der Waals surface area contributed by atoms with Crippen molar-refractivity contribution >= 4 is 18.0 Å². The van der Waals surface area contributed by atoms with Gasteiger partial charge in [0, 0.05) is 26.2 Å². The van der Waals surface area contributed by atoms with E-state index in [9.17, 15) is 14.4 Å². The highest BCUT2D eigenvalue weighted by molar-refractivity contribution is 5.85. The van der Waals surface area contributed by atoms with Gasteiger partial charge in [0.1, 0.15) is 0 Å². The van der Waals surface area contributed by atoms with Gasteiger partial charge in [-0.3, -0.25) is 9.59 Å². The van der Waals surface area contributed by atoms with Crippen LogP contribution in [0.15, 0.2) is 0 Å². The first kappa shape index (κ1) is 14.6. The molecule has 0 unspecified atom stereocenters. The molecule has 1 aliphatic heterocycles. The van der Waals surface area contributed by atoms with E-state index in [1.807, 2.05) is 0 Å². The zero-order valence-corrected chi connectivity index (χ0v) is 11.6. The first-order valence-corrected chi connectivity index (χ1v) is 6.89. The third-order valence-corrected chi connectivity index (χ3v) is 4.17. The molecule has 0 spiro atoms. The number of piperazine rings is 1. The van der Waals surface area contributed by atoms with Gasteiger partial charge in [-0.25, -0.2) is 4.79 Å². The van der Waals surface area contributed by atoms with Crippen molar-refractivity contribution in [2.75, 3.05) is 33.3 Å². The Kier molecular flexibility index (Phi) is 4.46. The molecule has 7 nitrogen and oxygen atoms in total. The van der Waals surface area contributed by atoms with Crippen LogP contribution in [-0.4, -0.2) is 66.2 Å². The number of carboxylic acids is 1. The van der Waals surface area contributed by atoms with Crippen LogP contribution in [0.4, 0.5) is 4.79 Å². The maximum Gasteiger partial charge on any atom is 0.409 e. The molecular formula is C13H20N2O5. The lowest BCUT2D eigenvalue weighted by Gasteiger charge is -2.35. The summed E-state index contributed by atoms with van der Waals surface area (Å²) in [7, 11) is 1.33. The maximum absolute atomic E-state index is 12.4. The fourth-order valence-electron chi connectivity index (χ4n) is 3.02. The Morgan fingerprint density at radius 3 is 2.10 bits per heavy atom. The number of hydrogen-bond donors (Lipinski definition) is 1. The van der Waals surface area contributed by atoms with E-state index in [0.29, 0.717) is 39.0 Å². The minimum absolute atomic E-state index is 0.0839. The summed E-state index contributed by atoms with van der Waals surface area (Å²) in [4.78, 5) is 38.1. The maximum atomic E-state index is 12.4. The number of amides is 2. The highest BCUT2D eigenvalue weighted by Gasteiger charge is 2.40. The van der Waals surface area contributed by atoms with Gasteiger partial charge >= 0.3 is 12.1 Å². The van der Waals surface area contributed by atoms with E-state index in [2.05, 4.69) is 4.74 Å². The van der Waals surface area contributed by atoms with E-state index in [1.54, 1.807) is 9.80 Å². The Bertz CT molecular complexity index is 404. The lowest BCUT2D eigenvalue weighted by atomic mass is 9.94. The second kappa shape index (κ2) is 6.11. The monoisotopic (exact) mass is 284 g/mol. The summed E-state index contributed by atoms with van der Waals surface area (Å²) in [5.41, 5.74) is 0. The lowest BCUT2D eigenvalue weighted by Crippen LogP contribution is -2.52. The van der Waals surface area contributed by atoms with E-state index in [1.165, 1.54) is 7.11 Å². The predicted molar refractivity (Wildman–Crippen MR) is 69.0 cm³/mol. The van der Waals surface area contributed by atoms with E-state index >= 15 is 0 Å². The molecule has 0 radical (unpaired) electrons. The second-order valence-electron chi connectivity index (χ2n) is 5.26. The van der Waals surface area contributed by atoms with Crippen LogP contribution in [0, 0.1) is 11.8 Å². The average molecular weight is 284 g/mol. The topological polar surface area (TPSA) is 87.2 Å². The molecule has 1 saturated heterocycles. The molecule has 0 bridgehead atoms. The third-order valence-electron chi connectivity index (χ3n) is 4.17. The van der Waals surface area contributed by atoms with Gasteiger partial charge < -0.3 is 19.6 Å². The highest BCUT2D eigenvalue weighted by atomic mass is 16.5. The zero-order valence-electron chi connectivity index (χ0n) is 11.6. The molecule has 2 rings (SSSR count). The Morgan fingerprint density at radius 1 is 1.00 bits per heavy atom. The average Bonchev–Trinajstić information content (AvgIpc) is 2.95. The summed E-state index contributed by atoms with van der Waals surface area (Å²) in [5, 5.41) is 9.14. The molecule has 2 fully saturated rings. The standard InChI is InChI=1S/C13H20N2O5/c1-20-13(19)15-7-5-14(6-8-15)11(16)9-3-2-4-10(9)12(17)18/h9-10H,2-8H2,1H3,(H,17,18)/t9-,10+/m1/s1. The van der Waals surface area contributed by atoms with Gasteiger partial charge in [0.15, 0.2) is 0 Å². The van der Waals surface area contributed by atoms with Crippen molar-refractivity contribution < 1.29 is 24.2 Å². The van der Waals surface area contributed by atoms with Crippen molar-refractivity contribution in [3.8, 4) is 0 Å². The molecule has 0 aromatic heterocycles. The number of carboxylic acid groups (broad SMARTS) is 1. The summed E-state index contributed by atoms with van der Waals surface area (Å²) in [6.07, 6.45) is 1.62. The molecule has 2 atom stereocenters. The second-order valence-corrected chi connectivity index (χ2v) is 5.26. The number of methoxy groups -OCH3 is 1. The molecule has 1 saturated carbocycles. The minimum Gasteiger partial charge on any atom is -0.481 e. The summed E-state index contributed by atoms with van der Waals surface area (Å²) >= 11 is 0. The predicted octanol–water partition coefficient (Wildman–Crippen LogP) is 0.398. The van der Waals surface area contributed by atoms with Crippen LogP contribution >= 0.6 is 0 Å². The molecule has 2 amide bonds. The van der Waals surface area contributed by atoms with Gasteiger partial charge in [-0.05, 0) is 12.8 Å². The Hall–Kier alpha value is -1.79. The van der Waals surface area contributed by atoms with Crippen molar-refractivity contribution in [3.63, 3.8) is 0 Å². The first-order valence-electron chi connectivity index (χ1n) is 6.89. The van der Waals surface area contributed by atoms with Crippen LogP contribution in [0.1, 0.15) is 19.3 Å². The lowest BCUT2D eigenvalue weighted by molar-refractivity contribution is -0.149. The highest BCUT2D eigenvalue weighted by Crippen LogP contribution is 2.33. The van der Waals surface area contributed by atoms with E-state index in [-0.39, 0.29) is 12.0 Å². The number of aliphatic carboxylic acids is 1. The van der Waals surface area contributed by atoms with Gasteiger partial charge in [0.05, 0.1) is 18.9 Å². The van der Waals surface area contributed by atoms with Gasteiger partial charge in [0.25, 0.3) is 0 Å². The largest absolute Gasteiger partial charge is 0.481 e. The van der Waals surface area contributed by atoms with Gasteiger partial charge in [-0.1, -0.05) is 6.42 Å². The van der Waals surface area contributed by atoms with Crippen molar-refractivity contribution in [2.24, 2.45) is 11.8 Å². The van der Waals surface area contributed by atoms with Crippen LogP contribution in [0.3, 0.4) is 0 Å². The molecule has 112 valence electrons. The number of carbonyl (C=O) groups is 3. The van der Waals surface area contributed by atoms with Crippen molar-refractivity contribution in [2.45, 2.75) is 19.3 Å². The van der Waals surface area contributed by atoms with Crippen LogP contribution in [0.5, 0.6) is 0 Å². The van der Waals surface area contributed by atoms with Crippen LogP contribution in [0.2, 0.25) is 0 Å². The third kappa shape index (κ3) is 2.86. The fraction of sp³-hybridized carbons (Fsp3) is 0.769. The molecule has 20 heavy (non-hydrogen) atoms. The molecular weight excluding hydrogens is 264 g/mol. The number of hydrogen-bond acceptors (Lipinski definition) is 4. The molecule has 7 heteroatoms. The first-order chi connectivity index (χ1) is 9.54. The van der Waals surface area contributed by atoms with Crippen molar-refractivity contribution in [1.29, 1.82) is 0 Å². The Labute approximate surface area is 117 Å². The number of rotatable bonds is 2. The molecule has 2 aliphatic rings. The molecule has 1 N–H and O–H groups in total. The van der Waals surface area contributed by atoms with E-state index in [0.717, 1.165) is 6.42 Å². The fourth-order valence-corrected chi connectivity index (χ4v) is 3.02. The van der Waals surface area contributed by atoms with E-state index in [4.69, 9.17) is 5.11 Å². The Balaban J connectivity index is 1.91. The molecule has 1 aliphatic carbocycles.